The molecule has 0 bridgehead atoms. The second-order valence-corrected chi connectivity index (χ2v) is 9.85. The van der Waals surface area contributed by atoms with Gasteiger partial charge in [-0.15, -0.1) is 0 Å². The molecule has 0 radical (unpaired) electrons. The molecular formula is C26H25ClFN3O. The number of nitrogens with zero attached hydrogens (tertiary/aromatic N) is 2. The van der Waals surface area contributed by atoms with Gasteiger partial charge in [0.25, 0.3) is 0 Å². The minimum atomic E-state index is -0.544. The molecule has 1 heterocycles. The number of anilines is 1. The monoisotopic (exact) mass is 449 g/mol. The number of carbonyl (C=O) groups excluding carboxylic acids is 1. The Balaban J connectivity index is 2.03. The first-order chi connectivity index (χ1) is 15.0. The van der Waals surface area contributed by atoms with Crippen LogP contribution in [0.15, 0.2) is 59.1 Å². The van der Waals surface area contributed by atoms with Gasteiger partial charge in [0, 0.05) is 23.4 Å². The van der Waals surface area contributed by atoms with Crippen LogP contribution in [0.1, 0.15) is 49.3 Å². The van der Waals surface area contributed by atoms with Gasteiger partial charge < -0.3 is 5.73 Å². The minimum Gasteiger partial charge on any atom is -0.384 e. The Morgan fingerprint density at radius 2 is 1.91 bits per heavy atom. The van der Waals surface area contributed by atoms with Gasteiger partial charge in [0.15, 0.2) is 5.78 Å². The maximum atomic E-state index is 13.9. The zero-order valence-electron chi connectivity index (χ0n) is 18.6. The third kappa shape index (κ3) is 3.59. The number of ketones is 1. The van der Waals surface area contributed by atoms with E-state index in [0.717, 1.165) is 22.4 Å². The summed E-state index contributed by atoms with van der Waals surface area (Å²) in [5, 5.41) is 10.1. The van der Waals surface area contributed by atoms with E-state index in [1.165, 1.54) is 12.1 Å². The smallest absolute Gasteiger partial charge is 0.162 e. The van der Waals surface area contributed by atoms with Gasteiger partial charge in [-0.05, 0) is 55.0 Å². The van der Waals surface area contributed by atoms with Gasteiger partial charge in [-0.1, -0.05) is 49.2 Å². The summed E-state index contributed by atoms with van der Waals surface area (Å²) in [5.74, 6) is -0.839. The van der Waals surface area contributed by atoms with Crippen molar-refractivity contribution >= 4 is 23.1 Å². The molecule has 2 aromatic rings. The lowest BCUT2D eigenvalue weighted by atomic mass is 9.68. The molecule has 4 rings (SSSR count). The summed E-state index contributed by atoms with van der Waals surface area (Å²) >= 11 is 6.06. The average molecular weight is 450 g/mol. The largest absolute Gasteiger partial charge is 0.384 e. The number of rotatable bonds is 2. The lowest BCUT2D eigenvalue weighted by Gasteiger charge is -2.44. The van der Waals surface area contributed by atoms with Crippen LogP contribution >= 0.6 is 11.6 Å². The van der Waals surface area contributed by atoms with Gasteiger partial charge in [0.1, 0.15) is 11.6 Å². The molecule has 0 amide bonds. The highest BCUT2D eigenvalue weighted by molar-refractivity contribution is 6.31. The van der Waals surface area contributed by atoms with Crippen molar-refractivity contribution in [3.63, 3.8) is 0 Å². The number of Topliss-reactive ketones (excluding diaryl/α,β-unsaturated/α-hetero) is 1. The number of nitriles is 1. The number of allylic oxidation sites excluding steroid dienone is 3. The molecule has 1 aliphatic carbocycles. The molecule has 164 valence electrons. The van der Waals surface area contributed by atoms with Crippen LogP contribution in [0.5, 0.6) is 0 Å². The molecule has 32 heavy (non-hydrogen) atoms. The first kappa shape index (κ1) is 22.1. The summed E-state index contributed by atoms with van der Waals surface area (Å²) in [4.78, 5) is 15.2. The molecule has 1 unspecified atom stereocenters. The van der Waals surface area contributed by atoms with E-state index in [-0.39, 0.29) is 22.0 Å². The zero-order chi connectivity index (χ0) is 23.4. The van der Waals surface area contributed by atoms with Crippen LogP contribution in [0.4, 0.5) is 10.1 Å². The quantitative estimate of drug-likeness (QED) is 0.607. The topological polar surface area (TPSA) is 70.1 Å². The molecule has 2 N–H and O–H groups in total. The van der Waals surface area contributed by atoms with E-state index in [1.807, 2.05) is 45.9 Å². The normalized spacial score (nSPS) is 20.3. The Morgan fingerprint density at radius 1 is 1.19 bits per heavy atom. The fourth-order valence-corrected chi connectivity index (χ4v) is 5.06. The number of hydrogen-bond acceptors (Lipinski definition) is 4. The first-order valence-corrected chi connectivity index (χ1v) is 10.9. The Morgan fingerprint density at radius 3 is 2.53 bits per heavy atom. The van der Waals surface area contributed by atoms with Crippen molar-refractivity contribution in [3.05, 3.63) is 86.6 Å². The number of halogens is 2. The first-order valence-electron chi connectivity index (χ1n) is 10.5. The number of aryl methyl sites for hydroxylation is 2. The van der Waals surface area contributed by atoms with E-state index < -0.39 is 11.7 Å². The van der Waals surface area contributed by atoms with Crippen LogP contribution in [0.25, 0.3) is 0 Å². The number of hydrogen-bond donors (Lipinski definition) is 1. The van der Waals surface area contributed by atoms with Crippen molar-refractivity contribution in [2.45, 2.75) is 46.5 Å². The Hall–Kier alpha value is -3.10. The number of nitrogens with two attached hydrogens (primary N) is 1. The predicted octanol–water partition coefficient (Wildman–Crippen LogP) is 6.04. The average Bonchev–Trinajstić information content (AvgIpc) is 2.69. The maximum absolute atomic E-state index is 13.9. The molecule has 0 saturated heterocycles. The van der Waals surface area contributed by atoms with Gasteiger partial charge >= 0.3 is 0 Å². The molecule has 0 saturated carbocycles. The lowest BCUT2D eigenvalue weighted by molar-refractivity contribution is -0.118. The van der Waals surface area contributed by atoms with Crippen LogP contribution in [0, 0.1) is 36.4 Å². The SMILES string of the molecule is Cc1ccc(C2C(C#N)=C(N)N(c3ccc(F)c(Cl)c3)C3=C2C(=O)CC(C)(C)C3)c(C)c1. The second-order valence-electron chi connectivity index (χ2n) is 9.44. The summed E-state index contributed by atoms with van der Waals surface area (Å²) in [5.41, 5.74) is 11.5. The van der Waals surface area contributed by atoms with E-state index in [4.69, 9.17) is 17.3 Å². The summed E-state index contributed by atoms with van der Waals surface area (Å²) in [6.45, 7) is 8.07. The van der Waals surface area contributed by atoms with E-state index in [0.29, 0.717) is 29.7 Å². The molecule has 0 aromatic heterocycles. The molecule has 4 nitrogen and oxygen atoms in total. The van der Waals surface area contributed by atoms with Crippen LogP contribution in [-0.4, -0.2) is 5.78 Å². The Bertz CT molecular complexity index is 1250. The van der Waals surface area contributed by atoms with Gasteiger partial charge in [0.05, 0.1) is 22.6 Å². The van der Waals surface area contributed by atoms with Gasteiger partial charge in [-0.2, -0.15) is 5.26 Å². The van der Waals surface area contributed by atoms with E-state index in [2.05, 4.69) is 6.07 Å². The van der Waals surface area contributed by atoms with Crippen molar-refractivity contribution in [2.24, 2.45) is 11.1 Å². The van der Waals surface area contributed by atoms with Gasteiger partial charge in [-0.25, -0.2) is 4.39 Å². The van der Waals surface area contributed by atoms with Crippen LogP contribution in [0.3, 0.4) is 0 Å². The summed E-state index contributed by atoms with van der Waals surface area (Å²) < 4.78 is 13.9. The fraction of sp³-hybridized carbons (Fsp3) is 0.308. The molecule has 1 atom stereocenters. The van der Waals surface area contributed by atoms with Crippen LogP contribution in [0.2, 0.25) is 5.02 Å². The maximum Gasteiger partial charge on any atom is 0.162 e. The van der Waals surface area contributed by atoms with Crippen molar-refractivity contribution in [1.82, 2.24) is 0 Å². The lowest BCUT2D eigenvalue weighted by Crippen LogP contribution is -2.42. The summed E-state index contributed by atoms with van der Waals surface area (Å²) in [6.07, 6.45) is 0.966. The van der Waals surface area contributed by atoms with Crippen molar-refractivity contribution in [1.29, 1.82) is 5.26 Å². The Kier molecular flexibility index (Phi) is 5.38. The summed E-state index contributed by atoms with van der Waals surface area (Å²) in [7, 11) is 0. The molecule has 2 aliphatic rings. The third-order valence-corrected chi connectivity index (χ3v) is 6.57. The van der Waals surface area contributed by atoms with Gasteiger partial charge in [-0.3, -0.25) is 9.69 Å². The predicted molar refractivity (Wildman–Crippen MR) is 124 cm³/mol. The summed E-state index contributed by atoms with van der Waals surface area (Å²) in [6, 6.07) is 12.6. The molecular weight excluding hydrogens is 425 g/mol. The fourth-order valence-electron chi connectivity index (χ4n) is 4.89. The van der Waals surface area contributed by atoms with E-state index >= 15 is 0 Å². The molecule has 1 aliphatic heterocycles. The highest BCUT2D eigenvalue weighted by atomic mass is 35.5. The second kappa shape index (κ2) is 7.79. The van der Waals surface area contributed by atoms with Crippen molar-refractivity contribution in [3.8, 4) is 6.07 Å². The third-order valence-electron chi connectivity index (χ3n) is 6.28. The molecule has 0 spiro atoms. The van der Waals surface area contributed by atoms with Gasteiger partial charge in [0.2, 0.25) is 0 Å². The standard InChI is InChI=1S/C26H25ClFN3O/c1-14-5-7-17(15(2)9-14)23-18(13-29)25(30)31(16-6-8-20(28)19(27)10-16)21-11-26(3,4)12-22(32)24(21)23/h5-10,23H,11-12,30H2,1-4H3. The minimum absolute atomic E-state index is 0.000293. The Labute approximate surface area is 192 Å². The molecule has 6 heteroatoms. The number of carbonyl (C=O) groups is 1. The van der Waals surface area contributed by atoms with Crippen molar-refractivity contribution in [2.75, 3.05) is 4.90 Å². The highest BCUT2D eigenvalue weighted by Crippen LogP contribution is 2.50. The van der Waals surface area contributed by atoms with Crippen LogP contribution in [-0.2, 0) is 4.79 Å². The number of benzene rings is 2. The molecule has 2 aromatic carbocycles. The zero-order valence-corrected chi connectivity index (χ0v) is 19.3. The van der Waals surface area contributed by atoms with Crippen LogP contribution < -0.4 is 10.6 Å². The highest BCUT2D eigenvalue weighted by Gasteiger charge is 2.45. The van der Waals surface area contributed by atoms with E-state index in [1.54, 1.807) is 11.0 Å². The van der Waals surface area contributed by atoms with Crippen molar-refractivity contribution < 1.29 is 9.18 Å². The molecule has 0 fully saturated rings. The van der Waals surface area contributed by atoms with E-state index in [9.17, 15) is 14.4 Å².